The fourth-order valence-corrected chi connectivity index (χ4v) is 8.58. The molecule has 31 heavy (non-hydrogen) atoms. The summed E-state index contributed by atoms with van der Waals surface area (Å²) in [6.07, 6.45) is -0.0721. The zero-order valence-corrected chi connectivity index (χ0v) is 20.4. The van der Waals surface area contributed by atoms with Crippen LogP contribution in [0.1, 0.15) is 33.3 Å². The highest BCUT2D eigenvalue weighted by atomic mass is 31.2. The SMILES string of the molecule is CCOP(=O)(OCC)C(Cc1ccccc1)(Oc1ccccc1)P(=O)(OCC)OCC. The summed E-state index contributed by atoms with van der Waals surface area (Å²) in [7, 11) is -8.42. The first-order valence-corrected chi connectivity index (χ1v) is 13.5. The minimum absolute atomic E-state index is 0.0597. The molecule has 0 aliphatic heterocycles. The van der Waals surface area contributed by atoms with Crippen molar-refractivity contribution in [2.24, 2.45) is 0 Å². The largest absolute Gasteiger partial charge is 0.462 e. The third kappa shape index (κ3) is 5.87. The molecule has 0 N–H and O–H groups in total. The average molecular weight is 470 g/mol. The monoisotopic (exact) mass is 470 g/mol. The molecular weight excluding hydrogens is 438 g/mol. The van der Waals surface area contributed by atoms with Crippen LogP contribution in [0.5, 0.6) is 5.75 Å². The number of benzene rings is 2. The Morgan fingerprint density at radius 1 is 0.645 bits per heavy atom. The highest BCUT2D eigenvalue weighted by Crippen LogP contribution is 2.78. The van der Waals surface area contributed by atoms with Gasteiger partial charge in [-0.1, -0.05) is 48.5 Å². The predicted molar refractivity (Wildman–Crippen MR) is 122 cm³/mol. The molecule has 0 aliphatic rings. The lowest BCUT2D eigenvalue weighted by Crippen LogP contribution is -2.41. The molecule has 0 bridgehead atoms. The van der Waals surface area contributed by atoms with Crippen LogP contribution in [0, 0.1) is 0 Å². The van der Waals surface area contributed by atoms with E-state index in [4.69, 9.17) is 22.8 Å². The Balaban J connectivity index is 2.83. The summed E-state index contributed by atoms with van der Waals surface area (Å²) in [4.78, 5) is 0. The molecule has 2 rings (SSSR count). The summed E-state index contributed by atoms with van der Waals surface area (Å²) in [6, 6.07) is 17.9. The first-order valence-electron chi connectivity index (χ1n) is 10.5. The fourth-order valence-electron chi connectivity index (χ4n) is 3.19. The van der Waals surface area contributed by atoms with Crippen LogP contribution >= 0.6 is 15.2 Å². The Labute approximate surface area is 185 Å². The van der Waals surface area contributed by atoms with Gasteiger partial charge in [-0.2, -0.15) is 0 Å². The van der Waals surface area contributed by atoms with E-state index in [-0.39, 0.29) is 32.8 Å². The van der Waals surface area contributed by atoms with Crippen LogP contribution in [0.4, 0.5) is 0 Å². The van der Waals surface area contributed by atoms with E-state index in [1.54, 1.807) is 52.0 Å². The van der Waals surface area contributed by atoms with E-state index in [2.05, 4.69) is 0 Å². The fraction of sp³-hybridized carbons (Fsp3) is 0.455. The maximum atomic E-state index is 14.3. The van der Waals surface area contributed by atoms with Crippen molar-refractivity contribution >= 4 is 15.2 Å². The van der Waals surface area contributed by atoms with E-state index in [1.807, 2.05) is 36.4 Å². The average Bonchev–Trinajstić information content (AvgIpc) is 2.75. The van der Waals surface area contributed by atoms with Gasteiger partial charge in [-0.15, -0.1) is 0 Å². The van der Waals surface area contributed by atoms with E-state index in [1.165, 1.54) is 0 Å². The molecule has 172 valence electrons. The number of hydrogen-bond acceptors (Lipinski definition) is 7. The first kappa shape index (κ1) is 25.8. The van der Waals surface area contributed by atoms with E-state index < -0.39 is 20.3 Å². The molecule has 0 radical (unpaired) electrons. The molecular formula is C22H32O7P2. The molecule has 0 amide bonds. The van der Waals surface area contributed by atoms with Crippen LogP contribution in [-0.4, -0.2) is 31.5 Å². The predicted octanol–water partition coefficient (Wildman–Crippen LogP) is 6.49. The molecule has 7 nitrogen and oxygen atoms in total. The van der Waals surface area contributed by atoms with Crippen molar-refractivity contribution in [1.29, 1.82) is 0 Å². The topological polar surface area (TPSA) is 80.3 Å². The molecule has 9 heteroatoms. The molecule has 0 saturated heterocycles. The smallest absolute Gasteiger partial charge is 0.386 e. The van der Waals surface area contributed by atoms with Crippen molar-refractivity contribution in [2.75, 3.05) is 26.4 Å². The molecule has 0 atom stereocenters. The third-order valence-corrected chi connectivity index (χ3v) is 10.4. The molecule has 0 saturated carbocycles. The van der Waals surface area contributed by atoms with Crippen LogP contribution in [0.3, 0.4) is 0 Å². The van der Waals surface area contributed by atoms with Crippen LogP contribution in [0.15, 0.2) is 60.7 Å². The zero-order valence-electron chi connectivity index (χ0n) is 18.6. The van der Waals surface area contributed by atoms with Crippen LogP contribution in [0.2, 0.25) is 0 Å². The van der Waals surface area contributed by atoms with Gasteiger partial charge < -0.3 is 22.8 Å². The minimum Gasteiger partial charge on any atom is -0.462 e. The summed E-state index contributed by atoms with van der Waals surface area (Å²) in [6.45, 7) is 6.99. The van der Waals surface area contributed by atoms with Crippen LogP contribution < -0.4 is 4.74 Å². The lowest BCUT2D eigenvalue weighted by Gasteiger charge is -2.42. The number of ether oxygens (including phenoxy) is 1. The van der Waals surface area contributed by atoms with Crippen molar-refractivity contribution in [2.45, 2.75) is 39.2 Å². The minimum atomic E-state index is -4.21. The molecule has 0 fully saturated rings. The standard InChI is InChI=1S/C22H32O7P2/c1-5-25-30(23,26-6-2)22(19-20-15-11-9-12-16-20,29-21-17-13-10-14-18-21)31(24,27-7-3)28-8-4/h9-18H,5-8,19H2,1-4H3. The van der Waals surface area contributed by atoms with Crippen molar-refractivity contribution < 1.29 is 32.0 Å². The van der Waals surface area contributed by atoms with E-state index in [9.17, 15) is 9.13 Å². The summed E-state index contributed by atoms with van der Waals surface area (Å²) in [5, 5.41) is -2.05. The number of rotatable bonds is 14. The van der Waals surface area contributed by atoms with Gasteiger partial charge in [0.15, 0.2) is 0 Å². The maximum Gasteiger partial charge on any atom is 0.386 e. The Morgan fingerprint density at radius 3 is 1.42 bits per heavy atom. The molecule has 2 aromatic carbocycles. The molecule has 0 aromatic heterocycles. The summed E-state index contributed by atoms with van der Waals surface area (Å²) in [5.74, 6) is 0.345. The van der Waals surface area contributed by atoms with Crippen LogP contribution in [0.25, 0.3) is 0 Å². The quantitative estimate of drug-likeness (QED) is 0.292. The van der Waals surface area contributed by atoms with Gasteiger partial charge in [0, 0.05) is 6.42 Å². The number of hydrogen-bond donors (Lipinski definition) is 0. The van der Waals surface area contributed by atoms with Gasteiger partial charge in [-0.05, 0) is 45.4 Å². The van der Waals surface area contributed by atoms with Crippen molar-refractivity contribution in [3.05, 3.63) is 66.2 Å². The van der Waals surface area contributed by atoms with Gasteiger partial charge >= 0.3 is 20.3 Å². The lowest BCUT2D eigenvalue weighted by molar-refractivity contribution is 0.0976. The second-order valence-electron chi connectivity index (χ2n) is 6.49. The van der Waals surface area contributed by atoms with Crippen molar-refractivity contribution in [1.82, 2.24) is 0 Å². The Kier molecular flexibility index (Phi) is 9.95. The molecule has 0 spiro atoms. The van der Waals surface area contributed by atoms with E-state index in [0.29, 0.717) is 5.75 Å². The normalized spacial score (nSPS) is 12.6. The van der Waals surface area contributed by atoms with Crippen LogP contribution in [-0.2, 0) is 33.6 Å². The highest BCUT2D eigenvalue weighted by Gasteiger charge is 2.68. The Hall–Kier alpha value is -1.46. The van der Waals surface area contributed by atoms with Crippen molar-refractivity contribution in [3.63, 3.8) is 0 Å². The molecule has 0 unspecified atom stereocenters. The van der Waals surface area contributed by atoms with E-state index >= 15 is 0 Å². The highest BCUT2D eigenvalue weighted by molar-refractivity contribution is 7.74. The van der Waals surface area contributed by atoms with E-state index in [0.717, 1.165) is 5.56 Å². The van der Waals surface area contributed by atoms with Gasteiger partial charge in [0.1, 0.15) is 5.75 Å². The maximum absolute atomic E-state index is 14.3. The summed E-state index contributed by atoms with van der Waals surface area (Å²) < 4.78 is 57.8. The molecule has 0 aliphatic carbocycles. The lowest BCUT2D eigenvalue weighted by atomic mass is 10.1. The third-order valence-electron chi connectivity index (χ3n) is 4.35. The first-order chi connectivity index (χ1) is 14.9. The second kappa shape index (κ2) is 12.0. The van der Waals surface area contributed by atoms with Gasteiger partial charge in [0.25, 0.3) is 0 Å². The molecule has 0 heterocycles. The van der Waals surface area contributed by atoms with Gasteiger partial charge in [0.2, 0.25) is 0 Å². The summed E-state index contributed by atoms with van der Waals surface area (Å²) in [5.41, 5.74) is 0.720. The Bertz CT molecular complexity index is 780. The molecule has 2 aromatic rings. The second-order valence-corrected chi connectivity index (χ2v) is 11.3. The van der Waals surface area contributed by atoms with Gasteiger partial charge in [0.05, 0.1) is 26.4 Å². The van der Waals surface area contributed by atoms with Gasteiger partial charge in [-0.3, -0.25) is 9.13 Å². The number of para-hydroxylation sites is 1. The Morgan fingerprint density at radius 2 is 1.03 bits per heavy atom. The summed E-state index contributed by atoms with van der Waals surface area (Å²) >= 11 is 0. The zero-order chi connectivity index (χ0) is 22.8. The van der Waals surface area contributed by atoms with Gasteiger partial charge in [-0.25, -0.2) is 0 Å². The van der Waals surface area contributed by atoms with Crippen molar-refractivity contribution in [3.8, 4) is 5.75 Å².